The zero-order chi connectivity index (χ0) is 21.5. The number of thioether (sulfide) groups is 1. The fraction of sp³-hybridized carbons (Fsp3) is 0.278. The molecule has 0 amide bonds. The van der Waals surface area contributed by atoms with Crippen LogP contribution in [0.2, 0.25) is 0 Å². The Hall–Kier alpha value is -1.45. The van der Waals surface area contributed by atoms with Crippen molar-refractivity contribution < 1.29 is 28.2 Å². The first kappa shape index (κ1) is 27.8. The molecule has 27 heavy (non-hydrogen) atoms. The van der Waals surface area contributed by atoms with Gasteiger partial charge in [-0.05, 0) is 49.9 Å². The van der Waals surface area contributed by atoms with Crippen LogP contribution in [0.5, 0.6) is 5.75 Å². The highest BCUT2D eigenvalue weighted by molar-refractivity contribution is 7.99. The lowest BCUT2D eigenvalue weighted by molar-refractivity contribution is -0.192. The summed E-state index contributed by atoms with van der Waals surface area (Å²) in [7, 11) is 0. The van der Waals surface area contributed by atoms with E-state index in [4.69, 9.17) is 15.0 Å². The Bertz CT molecular complexity index is 616. The molecule has 2 rings (SSSR count). The molecule has 0 bridgehead atoms. The number of alkyl halides is 3. The topological polar surface area (TPSA) is 57.5 Å². The number of phenolic OH excluding ortho intramolecular Hbond substituents is 1. The summed E-state index contributed by atoms with van der Waals surface area (Å²) in [5.74, 6) is -2.42. The largest absolute Gasteiger partial charge is 0.508 e. The molecule has 9 heteroatoms. The van der Waals surface area contributed by atoms with Gasteiger partial charge in [-0.2, -0.15) is 38.4 Å². The number of carboxylic acid groups (broad SMARTS) is 1. The number of rotatable bonds is 1. The highest BCUT2D eigenvalue weighted by atomic mass is 32.2. The van der Waals surface area contributed by atoms with Gasteiger partial charge in [-0.1, -0.05) is 30.3 Å². The van der Waals surface area contributed by atoms with Gasteiger partial charge in [0.05, 0.1) is 0 Å². The van der Waals surface area contributed by atoms with Crippen molar-refractivity contribution in [3.63, 3.8) is 0 Å². The normalized spacial score (nSPS) is 9.67. The molecule has 2 N–H and O–H groups in total. The quantitative estimate of drug-likeness (QED) is 0.252. The number of thiol groups is 2. The minimum atomic E-state index is -5.08. The second-order valence-corrected chi connectivity index (χ2v) is 7.63. The number of aliphatic carboxylic acids is 1. The van der Waals surface area contributed by atoms with Crippen LogP contribution >= 0.6 is 37.0 Å². The van der Waals surface area contributed by atoms with Crippen molar-refractivity contribution in [2.45, 2.75) is 29.5 Å². The molecule has 0 fully saturated rings. The van der Waals surface area contributed by atoms with Gasteiger partial charge in [0.15, 0.2) is 0 Å². The first-order chi connectivity index (χ1) is 12.4. The molecular formula is C18H23F3O3S3. The van der Waals surface area contributed by atoms with Crippen LogP contribution in [0.3, 0.4) is 0 Å². The fourth-order valence-electron chi connectivity index (χ4n) is 1.18. The molecular weight excluding hydrogens is 417 g/mol. The van der Waals surface area contributed by atoms with Crippen LogP contribution in [0.4, 0.5) is 13.2 Å². The summed E-state index contributed by atoms with van der Waals surface area (Å²) >= 11 is 9.43. The standard InChI is InChI=1S/C7H8O.C7H8S.C2HF3O2.C2H6S2/c1-6-3-2-4-7(8)5-6;1-8-7-5-3-2-4-6-7;3-2(4,5)1(6)7;1-2(3)4/h2-5,8H,1H3;2-6H,1H3;(H,6,7);2-4H,1H3. The maximum Gasteiger partial charge on any atom is 0.490 e. The average Bonchev–Trinajstić information content (AvgIpc) is 2.55. The van der Waals surface area contributed by atoms with Gasteiger partial charge in [-0.15, -0.1) is 11.8 Å². The lowest BCUT2D eigenvalue weighted by Gasteiger charge is -1.93. The third-order valence-electron chi connectivity index (χ3n) is 2.22. The van der Waals surface area contributed by atoms with Crippen LogP contribution in [-0.2, 0) is 4.79 Å². The molecule has 0 atom stereocenters. The molecule has 0 aliphatic rings. The molecule has 2 aromatic carbocycles. The van der Waals surface area contributed by atoms with Crippen molar-refractivity contribution in [3.8, 4) is 5.75 Å². The van der Waals surface area contributed by atoms with Gasteiger partial charge < -0.3 is 10.2 Å². The zero-order valence-electron chi connectivity index (χ0n) is 15.0. The minimum absolute atomic E-state index is 0.222. The molecule has 0 heterocycles. The molecule has 0 saturated heterocycles. The van der Waals surface area contributed by atoms with Gasteiger partial charge >= 0.3 is 12.1 Å². The maximum atomic E-state index is 10.6. The van der Waals surface area contributed by atoms with Crippen LogP contribution < -0.4 is 0 Å². The molecule has 152 valence electrons. The van der Waals surface area contributed by atoms with Crippen molar-refractivity contribution >= 4 is 43.0 Å². The third-order valence-corrected chi connectivity index (χ3v) is 2.97. The molecule has 0 spiro atoms. The second-order valence-electron chi connectivity index (χ2n) is 4.79. The van der Waals surface area contributed by atoms with Crippen molar-refractivity contribution in [1.82, 2.24) is 0 Å². The first-order valence-electron chi connectivity index (χ1n) is 7.41. The lowest BCUT2D eigenvalue weighted by Crippen LogP contribution is -2.21. The zero-order valence-corrected chi connectivity index (χ0v) is 17.6. The van der Waals surface area contributed by atoms with Crippen LogP contribution in [0.25, 0.3) is 0 Å². The molecule has 0 aromatic heterocycles. The van der Waals surface area contributed by atoms with Crippen LogP contribution in [0.1, 0.15) is 12.5 Å². The third kappa shape index (κ3) is 20.7. The molecule has 0 unspecified atom stereocenters. The molecule has 0 aliphatic carbocycles. The van der Waals surface area contributed by atoms with E-state index < -0.39 is 12.1 Å². The average molecular weight is 441 g/mol. The van der Waals surface area contributed by atoms with Crippen LogP contribution in [-0.4, -0.2) is 33.2 Å². The van der Waals surface area contributed by atoms with E-state index in [2.05, 4.69) is 43.6 Å². The number of carbonyl (C=O) groups is 1. The summed E-state index contributed by atoms with van der Waals surface area (Å²) in [5.41, 5.74) is 1.09. The van der Waals surface area contributed by atoms with Crippen LogP contribution in [0.15, 0.2) is 59.5 Å². The number of aryl methyl sites for hydroxylation is 1. The highest BCUT2D eigenvalue weighted by Gasteiger charge is 2.38. The molecule has 0 aliphatic heterocycles. The summed E-state index contributed by atoms with van der Waals surface area (Å²) < 4.78 is 32.0. The summed E-state index contributed by atoms with van der Waals surface area (Å²) in [6.45, 7) is 3.84. The van der Waals surface area contributed by atoms with E-state index in [-0.39, 0.29) is 4.58 Å². The highest BCUT2D eigenvalue weighted by Crippen LogP contribution is 2.13. The van der Waals surface area contributed by atoms with Crippen molar-refractivity contribution in [3.05, 3.63) is 60.2 Å². The predicted octanol–water partition coefficient (Wildman–Crippen LogP) is 5.93. The van der Waals surface area contributed by atoms with Gasteiger partial charge in [0, 0.05) is 9.48 Å². The van der Waals surface area contributed by atoms with Crippen molar-refractivity contribution in [1.29, 1.82) is 0 Å². The van der Waals surface area contributed by atoms with E-state index in [9.17, 15) is 13.2 Å². The van der Waals surface area contributed by atoms with E-state index in [1.807, 2.05) is 44.2 Å². The number of phenols is 1. The number of halogens is 3. The summed E-state index contributed by atoms with van der Waals surface area (Å²) in [6, 6.07) is 17.5. The van der Waals surface area contributed by atoms with Crippen LogP contribution in [0, 0.1) is 6.92 Å². The lowest BCUT2D eigenvalue weighted by atomic mass is 10.2. The van der Waals surface area contributed by atoms with Crippen molar-refractivity contribution in [2.75, 3.05) is 6.26 Å². The predicted molar refractivity (Wildman–Crippen MR) is 112 cm³/mol. The number of hydrogen-bond donors (Lipinski definition) is 4. The number of benzene rings is 2. The minimum Gasteiger partial charge on any atom is -0.508 e. The van der Waals surface area contributed by atoms with Crippen molar-refractivity contribution in [2.24, 2.45) is 0 Å². The van der Waals surface area contributed by atoms with E-state index in [1.54, 1.807) is 23.9 Å². The molecule has 2 aromatic rings. The Kier molecular flexibility index (Phi) is 16.0. The van der Waals surface area contributed by atoms with E-state index in [0.29, 0.717) is 5.75 Å². The maximum absolute atomic E-state index is 10.6. The van der Waals surface area contributed by atoms with E-state index >= 15 is 0 Å². The molecule has 3 nitrogen and oxygen atoms in total. The van der Waals surface area contributed by atoms with E-state index in [1.165, 1.54) is 4.90 Å². The number of carboxylic acids is 1. The van der Waals surface area contributed by atoms with Gasteiger partial charge in [-0.3, -0.25) is 0 Å². The first-order valence-corrected chi connectivity index (χ1v) is 9.66. The summed E-state index contributed by atoms with van der Waals surface area (Å²) in [4.78, 5) is 10.2. The van der Waals surface area contributed by atoms with Gasteiger partial charge in [-0.25, -0.2) is 4.79 Å². The Morgan fingerprint density at radius 2 is 1.52 bits per heavy atom. The Balaban J connectivity index is 0. The molecule has 0 saturated carbocycles. The van der Waals surface area contributed by atoms with Gasteiger partial charge in [0.1, 0.15) is 5.75 Å². The molecule has 0 radical (unpaired) electrons. The summed E-state index contributed by atoms with van der Waals surface area (Å²) in [5, 5.41) is 15.9. The smallest absolute Gasteiger partial charge is 0.490 e. The second kappa shape index (κ2) is 15.6. The SMILES string of the molecule is CC(S)S.CSc1ccccc1.Cc1cccc(O)c1.O=C(O)C(F)(F)F. The number of hydrogen-bond acceptors (Lipinski definition) is 5. The number of aromatic hydroxyl groups is 1. The van der Waals surface area contributed by atoms with Gasteiger partial charge in [0.2, 0.25) is 0 Å². The monoisotopic (exact) mass is 440 g/mol. The van der Waals surface area contributed by atoms with Gasteiger partial charge in [0.25, 0.3) is 0 Å². The Labute approximate surface area is 172 Å². The Morgan fingerprint density at radius 3 is 1.74 bits per heavy atom. The fourth-order valence-corrected chi connectivity index (χ4v) is 1.61. The Morgan fingerprint density at radius 1 is 1.07 bits per heavy atom. The van der Waals surface area contributed by atoms with E-state index in [0.717, 1.165) is 5.56 Å². The summed E-state index contributed by atoms with van der Waals surface area (Å²) in [6.07, 6.45) is -3.00.